The van der Waals surface area contributed by atoms with Crippen LogP contribution < -0.4 is 10.1 Å². The third-order valence-corrected chi connectivity index (χ3v) is 3.80. The SMILES string of the molecule is C=C(C)COc1cccc(C(=O)NC(CC(C)C)c2ccccc2)c1. The van der Waals surface area contributed by atoms with E-state index in [1.807, 2.05) is 37.3 Å². The van der Waals surface area contributed by atoms with Gasteiger partial charge >= 0.3 is 0 Å². The maximum absolute atomic E-state index is 12.7. The highest BCUT2D eigenvalue weighted by Gasteiger charge is 2.17. The molecule has 0 aliphatic heterocycles. The molecule has 0 aliphatic carbocycles. The Kier molecular flexibility index (Phi) is 6.81. The zero-order chi connectivity index (χ0) is 18.2. The van der Waals surface area contributed by atoms with Crippen molar-refractivity contribution in [3.05, 3.63) is 77.9 Å². The van der Waals surface area contributed by atoms with Crippen molar-refractivity contribution < 1.29 is 9.53 Å². The van der Waals surface area contributed by atoms with Gasteiger partial charge in [-0.05, 0) is 48.6 Å². The first kappa shape index (κ1) is 18.8. The first-order valence-electron chi connectivity index (χ1n) is 8.68. The van der Waals surface area contributed by atoms with Crippen LogP contribution in [0.2, 0.25) is 0 Å². The van der Waals surface area contributed by atoms with E-state index >= 15 is 0 Å². The van der Waals surface area contributed by atoms with Gasteiger partial charge < -0.3 is 10.1 Å². The zero-order valence-electron chi connectivity index (χ0n) is 15.3. The molecule has 1 unspecified atom stereocenters. The van der Waals surface area contributed by atoms with Gasteiger partial charge in [-0.15, -0.1) is 0 Å². The standard InChI is InChI=1S/C22H27NO2/c1-16(2)13-21(18-9-6-5-7-10-18)23-22(24)19-11-8-12-20(14-19)25-15-17(3)4/h5-12,14,16,21H,3,13,15H2,1-2,4H3,(H,23,24). The van der Waals surface area contributed by atoms with Crippen LogP contribution in [0.3, 0.4) is 0 Å². The zero-order valence-corrected chi connectivity index (χ0v) is 15.3. The maximum Gasteiger partial charge on any atom is 0.251 e. The molecule has 0 heterocycles. The van der Waals surface area contributed by atoms with Crippen molar-refractivity contribution in [1.82, 2.24) is 5.32 Å². The first-order chi connectivity index (χ1) is 12.0. The van der Waals surface area contributed by atoms with Gasteiger partial charge in [-0.3, -0.25) is 4.79 Å². The average Bonchev–Trinajstić information content (AvgIpc) is 2.60. The monoisotopic (exact) mass is 337 g/mol. The Labute approximate surface area is 150 Å². The minimum atomic E-state index is -0.0877. The fraction of sp³-hybridized carbons (Fsp3) is 0.318. The topological polar surface area (TPSA) is 38.3 Å². The van der Waals surface area contributed by atoms with E-state index in [9.17, 15) is 4.79 Å². The molecule has 0 saturated carbocycles. The van der Waals surface area contributed by atoms with Crippen LogP contribution in [-0.4, -0.2) is 12.5 Å². The Morgan fingerprint density at radius 1 is 1.12 bits per heavy atom. The number of carbonyl (C=O) groups excluding carboxylic acids is 1. The van der Waals surface area contributed by atoms with Crippen molar-refractivity contribution in [2.45, 2.75) is 33.2 Å². The number of hydrogen-bond donors (Lipinski definition) is 1. The average molecular weight is 337 g/mol. The van der Waals surface area contributed by atoms with Gasteiger partial charge in [0.2, 0.25) is 0 Å². The summed E-state index contributed by atoms with van der Waals surface area (Å²) in [6, 6.07) is 17.4. The number of ether oxygens (including phenoxy) is 1. The lowest BCUT2D eigenvalue weighted by Crippen LogP contribution is -2.29. The molecule has 0 aliphatic rings. The number of amides is 1. The van der Waals surface area contributed by atoms with E-state index < -0.39 is 0 Å². The van der Waals surface area contributed by atoms with Gasteiger partial charge in [0, 0.05) is 5.56 Å². The van der Waals surface area contributed by atoms with Crippen LogP contribution in [0.4, 0.5) is 0 Å². The summed E-state index contributed by atoms with van der Waals surface area (Å²) < 4.78 is 5.63. The van der Waals surface area contributed by atoms with Gasteiger partial charge in [-0.25, -0.2) is 0 Å². The predicted molar refractivity (Wildman–Crippen MR) is 103 cm³/mol. The highest BCUT2D eigenvalue weighted by atomic mass is 16.5. The van der Waals surface area contributed by atoms with Crippen molar-refractivity contribution in [3.63, 3.8) is 0 Å². The summed E-state index contributed by atoms with van der Waals surface area (Å²) in [6.45, 7) is 10.5. The Balaban J connectivity index is 2.12. The molecule has 0 bridgehead atoms. The molecule has 3 nitrogen and oxygen atoms in total. The Morgan fingerprint density at radius 3 is 2.48 bits per heavy atom. The molecule has 0 aromatic heterocycles. The second-order valence-corrected chi connectivity index (χ2v) is 6.84. The molecule has 3 heteroatoms. The van der Waals surface area contributed by atoms with Crippen LogP contribution in [0.15, 0.2) is 66.7 Å². The molecular weight excluding hydrogens is 310 g/mol. The molecule has 1 N–H and O–H groups in total. The third-order valence-electron chi connectivity index (χ3n) is 3.80. The molecule has 2 aromatic carbocycles. The van der Waals surface area contributed by atoms with Gasteiger partial charge in [-0.1, -0.05) is 56.8 Å². The van der Waals surface area contributed by atoms with Crippen molar-refractivity contribution in [2.75, 3.05) is 6.61 Å². The fourth-order valence-electron chi connectivity index (χ4n) is 2.61. The minimum absolute atomic E-state index is 0.00584. The molecule has 0 spiro atoms. The molecule has 0 fully saturated rings. The summed E-state index contributed by atoms with van der Waals surface area (Å²) in [5.74, 6) is 1.07. The summed E-state index contributed by atoms with van der Waals surface area (Å²) >= 11 is 0. The number of rotatable bonds is 8. The second kappa shape index (κ2) is 9.07. The molecular formula is C22H27NO2. The summed E-state index contributed by atoms with van der Waals surface area (Å²) in [4.78, 5) is 12.7. The Hall–Kier alpha value is -2.55. The molecule has 0 radical (unpaired) electrons. The first-order valence-corrected chi connectivity index (χ1v) is 8.68. The molecule has 132 valence electrons. The van der Waals surface area contributed by atoms with Gasteiger partial charge in [0.25, 0.3) is 5.91 Å². The fourth-order valence-corrected chi connectivity index (χ4v) is 2.61. The van der Waals surface area contributed by atoms with Gasteiger partial charge in [0.1, 0.15) is 12.4 Å². The van der Waals surface area contributed by atoms with E-state index in [0.29, 0.717) is 23.8 Å². The predicted octanol–water partition coefficient (Wildman–Crippen LogP) is 5.16. The van der Waals surface area contributed by atoms with Crippen LogP contribution in [0.5, 0.6) is 5.75 Å². The van der Waals surface area contributed by atoms with Gasteiger partial charge in [0.05, 0.1) is 6.04 Å². The lowest BCUT2D eigenvalue weighted by atomic mass is 9.96. The van der Waals surface area contributed by atoms with E-state index in [4.69, 9.17) is 4.74 Å². The lowest BCUT2D eigenvalue weighted by molar-refractivity contribution is 0.0931. The molecule has 1 amide bonds. The summed E-state index contributed by atoms with van der Waals surface area (Å²) in [5.41, 5.74) is 2.67. The van der Waals surface area contributed by atoms with Crippen LogP contribution in [0.1, 0.15) is 49.2 Å². The smallest absolute Gasteiger partial charge is 0.251 e. The Bertz CT molecular complexity index is 707. The molecule has 0 saturated heterocycles. The molecule has 25 heavy (non-hydrogen) atoms. The highest BCUT2D eigenvalue weighted by molar-refractivity contribution is 5.94. The van der Waals surface area contributed by atoms with E-state index in [0.717, 1.165) is 17.6 Å². The number of hydrogen-bond acceptors (Lipinski definition) is 2. The van der Waals surface area contributed by atoms with Crippen molar-refractivity contribution >= 4 is 5.91 Å². The summed E-state index contributed by atoms with van der Waals surface area (Å²) in [7, 11) is 0. The highest BCUT2D eigenvalue weighted by Crippen LogP contribution is 2.22. The van der Waals surface area contributed by atoms with Crippen LogP contribution in [-0.2, 0) is 0 Å². The molecule has 2 rings (SSSR count). The quantitative estimate of drug-likeness (QED) is 0.676. The summed E-state index contributed by atoms with van der Waals surface area (Å²) in [5, 5.41) is 3.16. The number of benzene rings is 2. The van der Waals surface area contributed by atoms with E-state index in [-0.39, 0.29) is 11.9 Å². The summed E-state index contributed by atoms with van der Waals surface area (Å²) in [6.07, 6.45) is 0.890. The van der Waals surface area contributed by atoms with Gasteiger partial charge in [-0.2, -0.15) is 0 Å². The van der Waals surface area contributed by atoms with Crippen molar-refractivity contribution in [2.24, 2.45) is 5.92 Å². The van der Waals surface area contributed by atoms with Crippen LogP contribution in [0, 0.1) is 5.92 Å². The normalized spacial score (nSPS) is 11.8. The second-order valence-electron chi connectivity index (χ2n) is 6.84. The molecule has 2 aromatic rings. The largest absolute Gasteiger partial charge is 0.489 e. The van der Waals surface area contributed by atoms with Crippen molar-refractivity contribution in [1.29, 1.82) is 0 Å². The van der Waals surface area contributed by atoms with E-state index in [2.05, 4.69) is 37.9 Å². The number of carbonyl (C=O) groups is 1. The third kappa shape index (κ3) is 6.11. The Morgan fingerprint density at radius 2 is 1.84 bits per heavy atom. The minimum Gasteiger partial charge on any atom is -0.489 e. The van der Waals surface area contributed by atoms with Gasteiger partial charge in [0.15, 0.2) is 0 Å². The van der Waals surface area contributed by atoms with Crippen molar-refractivity contribution in [3.8, 4) is 5.75 Å². The number of nitrogens with one attached hydrogen (secondary N) is 1. The van der Waals surface area contributed by atoms with Crippen LogP contribution in [0.25, 0.3) is 0 Å². The van der Waals surface area contributed by atoms with Crippen LogP contribution >= 0.6 is 0 Å². The maximum atomic E-state index is 12.7. The lowest BCUT2D eigenvalue weighted by Gasteiger charge is -2.21. The molecule has 1 atom stereocenters. The van der Waals surface area contributed by atoms with E-state index in [1.54, 1.807) is 12.1 Å². The van der Waals surface area contributed by atoms with E-state index in [1.165, 1.54) is 0 Å².